The molecule has 1 aromatic carbocycles. The van der Waals surface area contributed by atoms with Crippen molar-refractivity contribution < 1.29 is 19.1 Å². The Kier molecular flexibility index (Phi) is 5.37. The standard InChI is InChI=1S/C19H20N2O4S/c1-21-11-14(7-8-16(21)22)20-18(23)13-5-3-12(4-6-13)15-9-10-26-17(15)19(24)25-2/h3-6,9-10,14H,7-8,11H2,1-2H3,(H,20,23)/t14-/m1/s1. The third-order valence-electron chi connectivity index (χ3n) is 4.46. The first-order chi connectivity index (χ1) is 12.5. The Bertz CT molecular complexity index is 828. The van der Waals surface area contributed by atoms with Crippen molar-refractivity contribution in [3.63, 3.8) is 0 Å². The van der Waals surface area contributed by atoms with Crippen molar-refractivity contribution in [1.29, 1.82) is 0 Å². The van der Waals surface area contributed by atoms with Gasteiger partial charge < -0.3 is 15.0 Å². The Morgan fingerprint density at radius 1 is 1.23 bits per heavy atom. The zero-order chi connectivity index (χ0) is 18.7. The number of hydrogen-bond donors (Lipinski definition) is 1. The van der Waals surface area contributed by atoms with Crippen LogP contribution in [0.5, 0.6) is 0 Å². The average Bonchev–Trinajstić information content (AvgIpc) is 3.14. The Labute approximate surface area is 155 Å². The lowest BCUT2D eigenvalue weighted by molar-refractivity contribution is -0.132. The molecule has 0 saturated carbocycles. The lowest BCUT2D eigenvalue weighted by atomic mass is 10.0. The van der Waals surface area contributed by atoms with E-state index in [1.54, 1.807) is 24.1 Å². The van der Waals surface area contributed by atoms with Crippen LogP contribution in [0.4, 0.5) is 0 Å². The van der Waals surface area contributed by atoms with E-state index in [4.69, 9.17) is 4.74 Å². The van der Waals surface area contributed by atoms with Gasteiger partial charge >= 0.3 is 5.97 Å². The van der Waals surface area contributed by atoms with Crippen molar-refractivity contribution in [1.82, 2.24) is 10.2 Å². The molecular weight excluding hydrogens is 352 g/mol. The van der Waals surface area contributed by atoms with Crippen LogP contribution in [-0.4, -0.2) is 49.4 Å². The second-order valence-corrected chi connectivity index (χ2v) is 7.13. The third-order valence-corrected chi connectivity index (χ3v) is 5.35. The van der Waals surface area contributed by atoms with Crippen molar-refractivity contribution in [2.24, 2.45) is 0 Å². The van der Waals surface area contributed by atoms with Gasteiger partial charge in [-0.15, -0.1) is 11.3 Å². The Morgan fingerprint density at radius 2 is 1.96 bits per heavy atom. The predicted molar refractivity (Wildman–Crippen MR) is 99.2 cm³/mol. The maximum absolute atomic E-state index is 12.4. The molecule has 136 valence electrons. The highest BCUT2D eigenvalue weighted by molar-refractivity contribution is 7.12. The predicted octanol–water partition coefficient (Wildman–Crippen LogP) is 2.55. The number of amides is 2. The number of rotatable bonds is 4. The van der Waals surface area contributed by atoms with Gasteiger partial charge in [-0.25, -0.2) is 4.79 Å². The molecule has 1 atom stereocenters. The summed E-state index contributed by atoms with van der Waals surface area (Å²) in [7, 11) is 3.10. The molecule has 0 aliphatic carbocycles. The Hall–Kier alpha value is -2.67. The van der Waals surface area contributed by atoms with E-state index in [2.05, 4.69) is 5.32 Å². The number of likely N-dealkylation sites (N-methyl/N-ethyl adjacent to an activating group) is 1. The summed E-state index contributed by atoms with van der Waals surface area (Å²) >= 11 is 1.33. The molecule has 1 N–H and O–H groups in total. The first-order valence-electron chi connectivity index (χ1n) is 8.30. The van der Waals surface area contributed by atoms with Crippen LogP contribution in [0.2, 0.25) is 0 Å². The number of benzene rings is 1. The maximum Gasteiger partial charge on any atom is 0.348 e. The van der Waals surface area contributed by atoms with Crippen LogP contribution in [0.15, 0.2) is 35.7 Å². The molecule has 0 radical (unpaired) electrons. The molecule has 2 heterocycles. The van der Waals surface area contributed by atoms with E-state index in [0.29, 0.717) is 29.8 Å². The fourth-order valence-corrected chi connectivity index (χ4v) is 3.82. The van der Waals surface area contributed by atoms with Crippen LogP contribution in [-0.2, 0) is 9.53 Å². The topological polar surface area (TPSA) is 75.7 Å². The molecule has 0 bridgehead atoms. The highest BCUT2D eigenvalue weighted by Crippen LogP contribution is 2.29. The second-order valence-electron chi connectivity index (χ2n) is 6.22. The van der Waals surface area contributed by atoms with Gasteiger partial charge in [0.15, 0.2) is 0 Å². The van der Waals surface area contributed by atoms with Crippen LogP contribution in [0.1, 0.15) is 32.9 Å². The maximum atomic E-state index is 12.4. The minimum atomic E-state index is -0.368. The molecule has 0 unspecified atom stereocenters. The number of thiophene rings is 1. The van der Waals surface area contributed by atoms with Crippen LogP contribution in [0.3, 0.4) is 0 Å². The number of nitrogens with one attached hydrogen (secondary N) is 1. The molecule has 1 aliphatic rings. The number of likely N-dealkylation sites (tertiary alicyclic amines) is 1. The summed E-state index contributed by atoms with van der Waals surface area (Å²) in [6, 6.07) is 8.94. The van der Waals surface area contributed by atoms with Gasteiger partial charge in [-0.2, -0.15) is 0 Å². The van der Waals surface area contributed by atoms with Gasteiger partial charge in [0.25, 0.3) is 5.91 Å². The SMILES string of the molecule is COC(=O)c1sccc1-c1ccc(C(=O)N[C@@H]2CCC(=O)N(C)C2)cc1. The van der Waals surface area contributed by atoms with E-state index >= 15 is 0 Å². The monoisotopic (exact) mass is 372 g/mol. The Balaban J connectivity index is 1.70. The fraction of sp³-hybridized carbons (Fsp3) is 0.316. The summed E-state index contributed by atoms with van der Waals surface area (Å²) in [6.07, 6.45) is 1.11. The summed E-state index contributed by atoms with van der Waals surface area (Å²) in [5, 5.41) is 4.81. The molecule has 26 heavy (non-hydrogen) atoms. The summed E-state index contributed by atoms with van der Waals surface area (Å²) in [5.74, 6) is -0.424. The minimum Gasteiger partial charge on any atom is -0.465 e. The van der Waals surface area contributed by atoms with E-state index in [1.807, 2.05) is 23.6 Å². The molecule has 7 heteroatoms. The summed E-state index contributed by atoms with van der Waals surface area (Å²) < 4.78 is 4.80. The lowest BCUT2D eigenvalue weighted by Crippen LogP contribution is -2.48. The van der Waals surface area contributed by atoms with Crippen LogP contribution >= 0.6 is 11.3 Å². The number of hydrogen-bond acceptors (Lipinski definition) is 5. The quantitative estimate of drug-likeness (QED) is 0.837. The zero-order valence-corrected chi connectivity index (χ0v) is 15.5. The van der Waals surface area contributed by atoms with E-state index < -0.39 is 0 Å². The highest BCUT2D eigenvalue weighted by Gasteiger charge is 2.24. The third kappa shape index (κ3) is 3.77. The van der Waals surface area contributed by atoms with E-state index in [0.717, 1.165) is 11.1 Å². The Morgan fingerprint density at radius 3 is 2.62 bits per heavy atom. The van der Waals surface area contributed by atoms with Crippen molar-refractivity contribution in [3.8, 4) is 11.1 Å². The molecule has 1 saturated heterocycles. The summed E-state index contributed by atoms with van der Waals surface area (Å²) in [6.45, 7) is 0.528. The molecule has 1 aromatic heterocycles. The molecule has 6 nitrogen and oxygen atoms in total. The van der Waals surface area contributed by atoms with Crippen LogP contribution < -0.4 is 5.32 Å². The number of methoxy groups -OCH3 is 1. The van der Waals surface area contributed by atoms with Crippen molar-refractivity contribution in [2.45, 2.75) is 18.9 Å². The van der Waals surface area contributed by atoms with Crippen LogP contribution in [0.25, 0.3) is 11.1 Å². The first-order valence-corrected chi connectivity index (χ1v) is 9.18. The molecule has 3 rings (SSSR count). The summed E-state index contributed by atoms with van der Waals surface area (Å²) in [4.78, 5) is 38.0. The van der Waals surface area contributed by atoms with Gasteiger partial charge in [0.2, 0.25) is 5.91 Å². The fourth-order valence-electron chi connectivity index (χ4n) is 2.99. The molecule has 1 fully saturated rings. The van der Waals surface area contributed by atoms with Gasteiger partial charge in [-0.1, -0.05) is 12.1 Å². The normalized spacial score (nSPS) is 17.1. The molecular formula is C19H20N2O4S. The van der Waals surface area contributed by atoms with E-state index in [9.17, 15) is 14.4 Å². The number of esters is 1. The highest BCUT2D eigenvalue weighted by atomic mass is 32.1. The number of carbonyl (C=O) groups is 3. The van der Waals surface area contributed by atoms with Crippen molar-refractivity contribution >= 4 is 29.1 Å². The number of carbonyl (C=O) groups excluding carboxylic acids is 3. The first kappa shape index (κ1) is 18.1. The number of piperidine rings is 1. The molecule has 2 aromatic rings. The van der Waals surface area contributed by atoms with Gasteiger partial charge in [0, 0.05) is 37.2 Å². The second kappa shape index (κ2) is 7.70. The average molecular weight is 372 g/mol. The minimum absolute atomic E-state index is 0.0346. The number of ether oxygens (including phenoxy) is 1. The lowest BCUT2D eigenvalue weighted by Gasteiger charge is -2.30. The van der Waals surface area contributed by atoms with Gasteiger partial charge in [-0.05, 0) is 35.6 Å². The van der Waals surface area contributed by atoms with Gasteiger partial charge in [0.05, 0.1) is 7.11 Å². The van der Waals surface area contributed by atoms with Crippen LogP contribution in [0, 0.1) is 0 Å². The van der Waals surface area contributed by atoms with E-state index in [-0.39, 0.29) is 23.8 Å². The van der Waals surface area contributed by atoms with E-state index in [1.165, 1.54) is 18.4 Å². The smallest absolute Gasteiger partial charge is 0.348 e. The van der Waals surface area contributed by atoms with Crippen molar-refractivity contribution in [2.75, 3.05) is 20.7 Å². The molecule has 0 spiro atoms. The summed E-state index contributed by atoms with van der Waals surface area (Å²) in [5.41, 5.74) is 2.19. The van der Waals surface area contributed by atoms with Crippen molar-refractivity contribution in [3.05, 3.63) is 46.2 Å². The molecule has 1 aliphatic heterocycles. The zero-order valence-electron chi connectivity index (χ0n) is 14.7. The molecule has 2 amide bonds. The van der Waals surface area contributed by atoms with Gasteiger partial charge in [0.1, 0.15) is 4.88 Å². The number of nitrogens with zero attached hydrogens (tertiary/aromatic N) is 1. The van der Waals surface area contributed by atoms with Gasteiger partial charge in [-0.3, -0.25) is 9.59 Å². The largest absolute Gasteiger partial charge is 0.465 e.